The van der Waals surface area contributed by atoms with Gasteiger partial charge in [-0.25, -0.2) is 13.1 Å². The Balaban J connectivity index is 2.44. The third-order valence-electron chi connectivity index (χ3n) is 1.71. The van der Waals surface area contributed by atoms with Crippen molar-refractivity contribution >= 4 is 15.9 Å². The average Bonchev–Trinajstić information content (AvgIpc) is 2.34. The molecule has 0 radical (unpaired) electrons. The van der Waals surface area contributed by atoms with Crippen LogP contribution < -0.4 is 15.8 Å². The van der Waals surface area contributed by atoms with Crippen molar-refractivity contribution in [1.82, 2.24) is 10.0 Å². The van der Waals surface area contributed by atoms with E-state index in [2.05, 4.69) is 10.0 Å². The van der Waals surface area contributed by atoms with Gasteiger partial charge in [-0.15, -0.1) is 0 Å². The van der Waals surface area contributed by atoms with E-state index in [0.29, 0.717) is 6.54 Å². The molecule has 1 aliphatic heterocycles. The SMILES string of the molecule is NCCS(=O)(=O)NC1CNC(=O)C1. The standard InChI is InChI=1S/C6H13N3O3S/c7-1-2-13(11,12)9-5-3-6(10)8-4-5/h5,9H,1-4,7H2,(H,8,10). The molecule has 0 spiro atoms. The number of carbonyl (C=O) groups excluding carboxylic acids is 1. The predicted octanol–water partition coefficient (Wildman–Crippen LogP) is -2.25. The first-order valence-corrected chi connectivity index (χ1v) is 5.65. The maximum absolute atomic E-state index is 11.2. The smallest absolute Gasteiger partial charge is 0.221 e. The Labute approximate surface area is 76.9 Å². The van der Waals surface area contributed by atoms with Crippen LogP contribution in [0.2, 0.25) is 0 Å². The summed E-state index contributed by atoms with van der Waals surface area (Å²) >= 11 is 0. The number of rotatable bonds is 4. The first-order valence-electron chi connectivity index (χ1n) is 4.00. The van der Waals surface area contributed by atoms with E-state index < -0.39 is 10.0 Å². The van der Waals surface area contributed by atoms with Crippen LogP contribution in [0.3, 0.4) is 0 Å². The Morgan fingerprint density at radius 3 is 2.77 bits per heavy atom. The lowest BCUT2D eigenvalue weighted by Gasteiger charge is -2.09. The maximum Gasteiger partial charge on any atom is 0.221 e. The van der Waals surface area contributed by atoms with Crippen LogP contribution in [0.5, 0.6) is 0 Å². The highest BCUT2D eigenvalue weighted by Gasteiger charge is 2.25. The van der Waals surface area contributed by atoms with Gasteiger partial charge in [0.25, 0.3) is 0 Å². The largest absolute Gasteiger partial charge is 0.354 e. The number of sulfonamides is 1. The zero-order valence-corrected chi connectivity index (χ0v) is 7.93. The van der Waals surface area contributed by atoms with E-state index in [9.17, 15) is 13.2 Å². The van der Waals surface area contributed by atoms with Crippen LogP contribution in [0.25, 0.3) is 0 Å². The Morgan fingerprint density at radius 1 is 1.62 bits per heavy atom. The molecule has 1 fully saturated rings. The first-order chi connectivity index (χ1) is 6.03. The Kier molecular flexibility index (Phi) is 3.23. The third kappa shape index (κ3) is 3.29. The van der Waals surface area contributed by atoms with E-state index in [1.54, 1.807) is 0 Å². The van der Waals surface area contributed by atoms with Gasteiger partial charge in [-0.2, -0.15) is 0 Å². The molecule has 1 aliphatic rings. The van der Waals surface area contributed by atoms with Gasteiger partial charge < -0.3 is 11.1 Å². The van der Waals surface area contributed by atoms with E-state index in [-0.39, 0.29) is 30.7 Å². The van der Waals surface area contributed by atoms with Crippen molar-refractivity contribution in [3.8, 4) is 0 Å². The van der Waals surface area contributed by atoms with Crippen molar-refractivity contribution < 1.29 is 13.2 Å². The highest BCUT2D eigenvalue weighted by Crippen LogP contribution is 2.00. The van der Waals surface area contributed by atoms with E-state index in [0.717, 1.165) is 0 Å². The summed E-state index contributed by atoms with van der Waals surface area (Å²) in [7, 11) is -3.31. The summed E-state index contributed by atoms with van der Waals surface area (Å²) in [5.74, 6) is -0.224. The fraction of sp³-hybridized carbons (Fsp3) is 0.833. The summed E-state index contributed by atoms with van der Waals surface area (Å²) < 4.78 is 24.7. The number of amides is 1. The lowest BCUT2D eigenvalue weighted by atomic mass is 10.3. The summed E-state index contributed by atoms with van der Waals surface area (Å²) in [6.07, 6.45) is 0.212. The molecule has 4 N–H and O–H groups in total. The summed E-state index contributed by atoms with van der Waals surface area (Å²) in [5.41, 5.74) is 5.11. The number of hydrogen-bond acceptors (Lipinski definition) is 4. The summed E-state index contributed by atoms with van der Waals surface area (Å²) in [5, 5.41) is 2.54. The molecule has 1 atom stereocenters. The van der Waals surface area contributed by atoms with Crippen LogP contribution in [0.1, 0.15) is 6.42 Å². The normalized spacial score (nSPS) is 23.2. The molecule has 7 heteroatoms. The Morgan fingerprint density at radius 2 is 2.31 bits per heavy atom. The van der Waals surface area contributed by atoms with Gasteiger partial charge in [-0.05, 0) is 0 Å². The molecule has 0 aliphatic carbocycles. The Bertz CT molecular complexity index is 287. The summed E-state index contributed by atoms with van der Waals surface area (Å²) in [4.78, 5) is 10.7. The fourth-order valence-corrected chi connectivity index (χ4v) is 2.26. The fourth-order valence-electron chi connectivity index (χ4n) is 1.16. The van der Waals surface area contributed by atoms with Crippen molar-refractivity contribution in [2.24, 2.45) is 5.73 Å². The van der Waals surface area contributed by atoms with Crippen molar-refractivity contribution in [2.75, 3.05) is 18.8 Å². The van der Waals surface area contributed by atoms with Crippen LogP contribution in [0.4, 0.5) is 0 Å². The van der Waals surface area contributed by atoms with E-state index in [4.69, 9.17) is 5.73 Å². The van der Waals surface area contributed by atoms with E-state index in [1.165, 1.54) is 0 Å². The second-order valence-corrected chi connectivity index (χ2v) is 4.80. The average molecular weight is 207 g/mol. The number of nitrogens with one attached hydrogen (secondary N) is 2. The van der Waals surface area contributed by atoms with Gasteiger partial charge in [0.05, 0.1) is 5.75 Å². The highest BCUT2D eigenvalue weighted by atomic mass is 32.2. The molecule has 0 saturated carbocycles. The second kappa shape index (κ2) is 4.03. The number of hydrogen-bond donors (Lipinski definition) is 3. The monoisotopic (exact) mass is 207 g/mol. The molecule has 1 amide bonds. The van der Waals surface area contributed by atoms with Gasteiger partial charge in [0.1, 0.15) is 0 Å². The van der Waals surface area contributed by atoms with E-state index in [1.807, 2.05) is 0 Å². The molecule has 1 rings (SSSR count). The lowest BCUT2D eigenvalue weighted by molar-refractivity contribution is -0.119. The highest BCUT2D eigenvalue weighted by molar-refractivity contribution is 7.89. The third-order valence-corrected chi connectivity index (χ3v) is 3.18. The van der Waals surface area contributed by atoms with Crippen molar-refractivity contribution in [3.05, 3.63) is 0 Å². The predicted molar refractivity (Wildman–Crippen MR) is 47.4 cm³/mol. The molecule has 76 valence electrons. The molecule has 0 bridgehead atoms. The number of carbonyl (C=O) groups is 1. The van der Waals surface area contributed by atoms with Crippen LogP contribution in [-0.2, 0) is 14.8 Å². The molecule has 13 heavy (non-hydrogen) atoms. The minimum Gasteiger partial charge on any atom is -0.354 e. The molecular weight excluding hydrogens is 194 g/mol. The van der Waals surface area contributed by atoms with E-state index >= 15 is 0 Å². The van der Waals surface area contributed by atoms with Crippen molar-refractivity contribution in [3.63, 3.8) is 0 Å². The zero-order chi connectivity index (χ0) is 9.90. The molecule has 0 aromatic heterocycles. The first kappa shape index (κ1) is 10.4. The molecular formula is C6H13N3O3S. The van der Waals surface area contributed by atoms with Gasteiger partial charge in [-0.3, -0.25) is 4.79 Å². The van der Waals surface area contributed by atoms with Crippen LogP contribution >= 0.6 is 0 Å². The number of nitrogens with two attached hydrogens (primary N) is 1. The van der Waals surface area contributed by atoms with Crippen LogP contribution in [-0.4, -0.2) is 39.2 Å². The van der Waals surface area contributed by atoms with Crippen molar-refractivity contribution in [2.45, 2.75) is 12.5 Å². The van der Waals surface area contributed by atoms with Gasteiger partial charge in [-0.1, -0.05) is 0 Å². The van der Waals surface area contributed by atoms with Crippen LogP contribution in [0, 0.1) is 0 Å². The minimum atomic E-state index is -3.31. The molecule has 0 aromatic carbocycles. The van der Waals surface area contributed by atoms with Crippen LogP contribution in [0.15, 0.2) is 0 Å². The summed E-state index contributed by atoms with van der Waals surface area (Å²) in [6.45, 7) is 0.450. The zero-order valence-electron chi connectivity index (χ0n) is 7.12. The molecule has 1 unspecified atom stereocenters. The topological polar surface area (TPSA) is 101 Å². The lowest BCUT2D eigenvalue weighted by Crippen LogP contribution is -2.39. The molecule has 6 nitrogen and oxygen atoms in total. The Hall–Kier alpha value is -0.660. The van der Waals surface area contributed by atoms with Gasteiger partial charge in [0.15, 0.2) is 0 Å². The molecule has 1 saturated heterocycles. The van der Waals surface area contributed by atoms with Gasteiger partial charge in [0, 0.05) is 25.6 Å². The minimum absolute atomic E-state index is 0.0867. The van der Waals surface area contributed by atoms with Gasteiger partial charge >= 0.3 is 0 Å². The maximum atomic E-state index is 11.2. The van der Waals surface area contributed by atoms with Gasteiger partial charge in [0.2, 0.25) is 15.9 Å². The molecule has 0 aromatic rings. The summed E-state index contributed by atoms with van der Waals surface area (Å²) in [6, 6.07) is -0.316. The second-order valence-electron chi connectivity index (χ2n) is 2.93. The quantitative estimate of drug-likeness (QED) is 0.485. The van der Waals surface area contributed by atoms with Crippen molar-refractivity contribution in [1.29, 1.82) is 0 Å². The molecule has 1 heterocycles.